The SMILES string of the molecule is O=S(=O)(c1sccc1Br)N1CCCCC1CCl. The summed E-state index contributed by atoms with van der Waals surface area (Å²) in [5.74, 6) is 0.363. The van der Waals surface area contributed by atoms with Crippen LogP contribution in [0, 0.1) is 0 Å². The molecule has 1 aromatic heterocycles. The van der Waals surface area contributed by atoms with E-state index in [1.807, 2.05) is 0 Å². The van der Waals surface area contributed by atoms with Gasteiger partial charge in [-0.1, -0.05) is 6.42 Å². The quantitative estimate of drug-likeness (QED) is 0.778. The Balaban J connectivity index is 2.34. The van der Waals surface area contributed by atoms with Gasteiger partial charge >= 0.3 is 0 Å². The lowest BCUT2D eigenvalue weighted by molar-refractivity contribution is 0.272. The van der Waals surface area contributed by atoms with Gasteiger partial charge in [0.15, 0.2) is 0 Å². The summed E-state index contributed by atoms with van der Waals surface area (Å²) in [7, 11) is -3.39. The van der Waals surface area contributed by atoms with Gasteiger partial charge in [-0.3, -0.25) is 0 Å². The van der Waals surface area contributed by atoms with Crippen molar-refractivity contribution in [3.05, 3.63) is 15.9 Å². The lowest BCUT2D eigenvalue weighted by Gasteiger charge is -2.33. The van der Waals surface area contributed by atoms with Crippen molar-refractivity contribution in [1.82, 2.24) is 4.31 Å². The highest BCUT2D eigenvalue weighted by Crippen LogP contribution is 2.33. The Morgan fingerprint density at radius 2 is 2.29 bits per heavy atom. The van der Waals surface area contributed by atoms with Crippen molar-refractivity contribution < 1.29 is 8.42 Å². The topological polar surface area (TPSA) is 37.4 Å². The normalized spacial score (nSPS) is 22.8. The van der Waals surface area contributed by atoms with Crippen molar-refractivity contribution in [2.24, 2.45) is 0 Å². The zero-order chi connectivity index (χ0) is 12.5. The molecular weight excluding hydrogens is 346 g/mol. The number of halogens is 2. The van der Waals surface area contributed by atoms with Crippen LogP contribution in [-0.4, -0.2) is 31.2 Å². The fraction of sp³-hybridized carbons (Fsp3) is 0.600. The minimum Gasteiger partial charge on any atom is -0.206 e. The number of nitrogens with zero attached hydrogens (tertiary/aromatic N) is 1. The van der Waals surface area contributed by atoms with Gasteiger partial charge in [0.1, 0.15) is 4.21 Å². The molecule has 7 heteroatoms. The third-order valence-electron chi connectivity index (χ3n) is 2.88. The zero-order valence-corrected chi connectivity index (χ0v) is 13.1. The van der Waals surface area contributed by atoms with Gasteiger partial charge in [0.2, 0.25) is 0 Å². The number of rotatable bonds is 3. The number of hydrogen-bond donors (Lipinski definition) is 0. The highest BCUT2D eigenvalue weighted by molar-refractivity contribution is 9.10. The molecule has 0 aromatic carbocycles. The second-order valence-corrected chi connectivity index (χ2v) is 8.14. The van der Waals surface area contributed by atoms with Gasteiger partial charge in [-0.05, 0) is 40.2 Å². The first-order chi connectivity index (χ1) is 8.07. The van der Waals surface area contributed by atoms with Crippen LogP contribution in [0.5, 0.6) is 0 Å². The number of sulfonamides is 1. The van der Waals surface area contributed by atoms with Crippen molar-refractivity contribution in [3.63, 3.8) is 0 Å². The molecule has 1 atom stereocenters. The van der Waals surface area contributed by atoms with E-state index < -0.39 is 10.0 Å². The Bertz CT molecular complexity index is 488. The molecule has 0 amide bonds. The van der Waals surface area contributed by atoms with Gasteiger partial charge in [0.25, 0.3) is 10.0 Å². The minimum absolute atomic E-state index is 0.0654. The first kappa shape index (κ1) is 13.8. The first-order valence-corrected chi connectivity index (χ1v) is 9.03. The zero-order valence-electron chi connectivity index (χ0n) is 9.10. The summed E-state index contributed by atoms with van der Waals surface area (Å²) in [6.07, 6.45) is 2.82. The number of piperidine rings is 1. The van der Waals surface area contributed by atoms with Crippen LogP contribution >= 0.6 is 38.9 Å². The Hall–Kier alpha value is 0.380. The maximum Gasteiger partial charge on any atom is 0.253 e. The third kappa shape index (κ3) is 2.71. The first-order valence-electron chi connectivity index (χ1n) is 5.38. The van der Waals surface area contributed by atoms with Crippen molar-refractivity contribution in [3.8, 4) is 0 Å². The maximum atomic E-state index is 12.5. The molecule has 0 aliphatic carbocycles. The molecular formula is C10H13BrClNO2S2. The second kappa shape index (κ2) is 5.57. The van der Waals surface area contributed by atoms with E-state index in [0.717, 1.165) is 19.3 Å². The van der Waals surface area contributed by atoms with Crippen LogP contribution < -0.4 is 0 Å². The van der Waals surface area contributed by atoms with Gasteiger partial charge in [0.05, 0.1) is 0 Å². The van der Waals surface area contributed by atoms with E-state index in [-0.39, 0.29) is 6.04 Å². The summed E-state index contributed by atoms with van der Waals surface area (Å²) in [6, 6.07) is 1.70. The van der Waals surface area contributed by atoms with Gasteiger partial charge in [-0.15, -0.1) is 22.9 Å². The number of alkyl halides is 1. The summed E-state index contributed by atoms with van der Waals surface area (Å²) in [5.41, 5.74) is 0. The Kier molecular flexibility index (Phi) is 4.52. The lowest BCUT2D eigenvalue weighted by Crippen LogP contribution is -2.44. The van der Waals surface area contributed by atoms with Gasteiger partial charge in [-0.2, -0.15) is 4.31 Å². The molecule has 1 aliphatic rings. The van der Waals surface area contributed by atoms with Gasteiger partial charge in [-0.25, -0.2) is 8.42 Å². The van der Waals surface area contributed by atoms with Crippen LogP contribution in [0.15, 0.2) is 20.1 Å². The van der Waals surface area contributed by atoms with E-state index in [2.05, 4.69) is 15.9 Å². The molecule has 17 heavy (non-hydrogen) atoms. The second-order valence-electron chi connectivity index (χ2n) is 3.98. The molecule has 0 bridgehead atoms. The molecule has 1 aromatic rings. The van der Waals surface area contributed by atoms with Crippen LogP contribution in [-0.2, 0) is 10.0 Å². The fourth-order valence-corrected chi connectivity index (χ4v) is 6.54. The molecule has 2 rings (SSSR count). The molecule has 1 aliphatic heterocycles. The minimum atomic E-state index is -3.39. The van der Waals surface area contributed by atoms with E-state index in [4.69, 9.17) is 11.6 Å². The molecule has 3 nitrogen and oxygen atoms in total. The van der Waals surface area contributed by atoms with Crippen molar-refractivity contribution in [1.29, 1.82) is 0 Å². The summed E-state index contributed by atoms with van der Waals surface area (Å²) in [5, 5.41) is 1.77. The van der Waals surface area contributed by atoms with Crippen molar-refractivity contribution >= 4 is 48.9 Å². The number of hydrogen-bond acceptors (Lipinski definition) is 3. The van der Waals surface area contributed by atoms with Gasteiger partial charge < -0.3 is 0 Å². The molecule has 0 radical (unpaired) electrons. The van der Waals surface area contributed by atoms with E-state index in [0.29, 0.717) is 21.1 Å². The van der Waals surface area contributed by atoms with Crippen LogP contribution in [0.4, 0.5) is 0 Å². The molecule has 1 saturated heterocycles. The van der Waals surface area contributed by atoms with Crippen LogP contribution in [0.3, 0.4) is 0 Å². The molecule has 1 fully saturated rings. The van der Waals surface area contributed by atoms with Gasteiger partial charge in [0, 0.05) is 22.9 Å². The highest BCUT2D eigenvalue weighted by Gasteiger charge is 2.34. The monoisotopic (exact) mass is 357 g/mol. The Labute approximate surface area is 119 Å². The third-order valence-corrected chi connectivity index (χ3v) is 7.83. The summed E-state index contributed by atoms with van der Waals surface area (Å²) < 4.78 is 27.6. The average Bonchev–Trinajstić information content (AvgIpc) is 2.76. The van der Waals surface area contributed by atoms with E-state index >= 15 is 0 Å². The molecule has 1 unspecified atom stereocenters. The predicted molar refractivity (Wildman–Crippen MR) is 74.3 cm³/mol. The summed E-state index contributed by atoms with van der Waals surface area (Å²) in [4.78, 5) is 0. The Morgan fingerprint density at radius 3 is 2.88 bits per heavy atom. The lowest BCUT2D eigenvalue weighted by atomic mass is 10.1. The van der Waals surface area contributed by atoms with Crippen molar-refractivity contribution in [2.75, 3.05) is 12.4 Å². The molecule has 2 heterocycles. The molecule has 96 valence electrons. The summed E-state index contributed by atoms with van der Waals surface area (Å²) >= 11 is 10.4. The van der Waals surface area contributed by atoms with Crippen molar-refractivity contribution in [2.45, 2.75) is 29.5 Å². The largest absolute Gasteiger partial charge is 0.253 e. The van der Waals surface area contributed by atoms with E-state index in [1.54, 1.807) is 15.8 Å². The Morgan fingerprint density at radius 1 is 1.53 bits per heavy atom. The van der Waals surface area contributed by atoms with Crippen LogP contribution in [0.1, 0.15) is 19.3 Å². The number of thiophene rings is 1. The fourth-order valence-electron chi connectivity index (χ4n) is 2.02. The van der Waals surface area contributed by atoms with E-state index in [9.17, 15) is 8.42 Å². The smallest absolute Gasteiger partial charge is 0.206 e. The summed E-state index contributed by atoms with van der Waals surface area (Å²) in [6.45, 7) is 0.573. The standard InChI is InChI=1S/C10H13BrClNO2S2/c11-9-4-6-16-10(9)17(14,15)13-5-2-1-3-8(13)7-12/h4,6,8H,1-3,5,7H2. The highest BCUT2D eigenvalue weighted by atomic mass is 79.9. The maximum absolute atomic E-state index is 12.5. The van der Waals surface area contributed by atoms with Crippen LogP contribution in [0.2, 0.25) is 0 Å². The average molecular weight is 359 g/mol. The molecule has 0 N–H and O–H groups in total. The predicted octanol–water partition coefficient (Wildman–Crippen LogP) is 3.29. The molecule has 0 spiro atoms. The molecule has 0 saturated carbocycles. The van der Waals surface area contributed by atoms with Crippen LogP contribution in [0.25, 0.3) is 0 Å². The van der Waals surface area contributed by atoms with E-state index in [1.165, 1.54) is 11.3 Å².